The Kier molecular flexibility index (Phi) is 4.37. The van der Waals surface area contributed by atoms with E-state index in [1.165, 1.54) is 11.1 Å². The lowest BCUT2D eigenvalue weighted by molar-refractivity contribution is 0.957. The highest BCUT2D eigenvalue weighted by atomic mass is 14.4. The molecule has 0 saturated carbocycles. The Balaban J connectivity index is 2.64. The lowest BCUT2D eigenvalue weighted by Crippen LogP contribution is -2.02. The van der Waals surface area contributed by atoms with Crippen molar-refractivity contribution in [2.24, 2.45) is 0 Å². The Morgan fingerprint density at radius 2 is 2.36 bits per heavy atom. The summed E-state index contributed by atoms with van der Waals surface area (Å²) in [6.45, 7) is 4.25. The van der Waals surface area contributed by atoms with Gasteiger partial charge in [0.2, 0.25) is 0 Å². The van der Waals surface area contributed by atoms with Gasteiger partial charge < -0.3 is 5.41 Å². The molecule has 0 heterocycles. The van der Waals surface area contributed by atoms with Crippen LogP contribution >= 0.6 is 0 Å². The zero-order valence-electron chi connectivity index (χ0n) is 9.14. The van der Waals surface area contributed by atoms with Gasteiger partial charge in [0.05, 0.1) is 5.71 Å². The third-order valence-electron chi connectivity index (χ3n) is 2.47. The smallest absolute Gasteiger partial charge is 0.0571 e. The molecule has 0 aromatic carbocycles. The SMILES string of the molecule is CCCC=CC(=N)C1=C(C)C=CCC1. The van der Waals surface area contributed by atoms with Crippen molar-refractivity contribution in [2.45, 2.75) is 39.5 Å². The second-order valence-electron chi connectivity index (χ2n) is 3.71. The normalized spacial score (nSPS) is 16.7. The van der Waals surface area contributed by atoms with Crippen molar-refractivity contribution < 1.29 is 0 Å². The van der Waals surface area contributed by atoms with Gasteiger partial charge in [0.15, 0.2) is 0 Å². The van der Waals surface area contributed by atoms with Gasteiger partial charge in [-0.2, -0.15) is 0 Å². The van der Waals surface area contributed by atoms with E-state index in [4.69, 9.17) is 5.41 Å². The third kappa shape index (κ3) is 2.99. The van der Waals surface area contributed by atoms with Gasteiger partial charge >= 0.3 is 0 Å². The largest absolute Gasteiger partial charge is 0.301 e. The molecule has 1 aliphatic rings. The summed E-state index contributed by atoms with van der Waals surface area (Å²) in [6, 6.07) is 0. The maximum atomic E-state index is 7.91. The highest BCUT2D eigenvalue weighted by molar-refractivity contribution is 6.07. The summed E-state index contributed by atoms with van der Waals surface area (Å²) in [5, 5.41) is 7.91. The second kappa shape index (κ2) is 5.58. The van der Waals surface area contributed by atoms with E-state index in [1.54, 1.807) is 0 Å². The van der Waals surface area contributed by atoms with E-state index < -0.39 is 0 Å². The van der Waals surface area contributed by atoms with Crippen molar-refractivity contribution >= 4 is 5.71 Å². The van der Waals surface area contributed by atoms with Gasteiger partial charge in [0.1, 0.15) is 0 Å². The van der Waals surface area contributed by atoms with Gasteiger partial charge in [-0.3, -0.25) is 0 Å². The van der Waals surface area contributed by atoms with E-state index in [1.807, 2.05) is 6.08 Å². The van der Waals surface area contributed by atoms with Crippen molar-refractivity contribution in [3.05, 3.63) is 35.5 Å². The Morgan fingerprint density at radius 1 is 1.57 bits per heavy atom. The van der Waals surface area contributed by atoms with Gasteiger partial charge in [-0.1, -0.05) is 31.6 Å². The molecule has 1 rings (SSSR count). The van der Waals surface area contributed by atoms with Crippen LogP contribution in [0, 0.1) is 5.41 Å². The van der Waals surface area contributed by atoms with Gasteiger partial charge in [-0.05, 0) is 43.4 Å². The molecule has 0 saturated heterocycles. The van der Waals surface area contributed by atoms with Crippen molar-refractivity contribution in [3.63, 3.8) is 0 Å². The summed E-state index contributed by atoms with van der Waals surface area (Å²) in [6.07, 6.45) is 12.7. The minimum Gasteiger partial charge on any atom is -0.301 e. The summed E-state index contributed by atoms with van der Waals surface area (Å²) in [5.74, 6) is 0. The first-order chi connectivity index (χ1) is 6.75. The first-order valence-corrected chi connectivity index (χ1v) is 5.37. The third-order valence-corrected chi connectivity index (χ3v) is 2.47. The molecule has 1 N–H and O–H groups in total. The zero-order chi connectivity index (χ0) is 10.4. The molecule has 0 radical (unpaired) electrons. The van der Waals surface area contributed by atoms with Gasteiger partial charge in [0, 0.05) is 0 Å². The van der Waals surface area contributed by atoms with Crippen LogP contribution in [0.25, 0.3) is 0 Å². The van der Waals surface area contributed by atoms with Crippen LogP contribution in [0.1, 0.15) is 39.5 Å². The Labute approximate surface area is 86.7 Å². The average molecular weight is 189 g/mol. The van der Waals surface area contributed by atoms with Crippen molar-refractivity contribution in [1.82, 2.24) is 0 Å². The molecule has 1 heteroatoms. The fourth-order valence-corrected chi connectivity index (χ4v) is 1.60. The monoisotopic (exact) mass is 189 g/mol. The molecule has 0 aromatic rings. The number of allylic oxidation sites excluding steroid dienone is 6. The Morgan fingerprint density at radius 3 is 3.00 bits per heavy atom. The minimum atomic E-state index is 0.695. The number of rotatable bonds is 4. The van der Waals surface area contributed by atoms with Crippen LogP contribution < -0.4 is 0 Å². The van der Waals surface area contributed by atoms with E-state index in [2.05, 4.69) is 32.1 Å². The summed E-state index contributed by atoms with van der Waals surface area (Å²) in [7, 11) is 0. The van der Waals surface area contributed by atoms with Crippen LogP contribution in [0.3, 0.4) is 0 Å². The number of unbranched alkanes of at least 4 members (excludes halogenated alkanes) is 1. The molecule has 0 spiro atoms. The fourth-order valence-electron chi connectivity index (χ4n) is 1.60. The van der Waals surface area contributed by atoms with Crippen LogP contribution in [0.2, 0.25) is 0 Å². The molecule has 1 nitrogen and oxygen atoms in total. The Hall–Kier alpha value is -1.11. The molecule has 76 valence electrons. The van der Waals surface area contributed by atoms with Crippen molar-refractivity contribution in [2.75, 3.05) is 0 Å². The van der Waals surface area contributed by atoms with Crippen LogP contribution in [0.15, 0.2) is 35.5 Å². The molecule has 0 bridgehead atoms. The molecule has 0 aliphatic heterocycles. The highest BCUT2D eigenvalue weighted by Crippen LogP contribution is 2.19. The quantitative estimate of drug-likeness (QED) is 0.646. The minimum absolute atomic E-state index is 0.695. The molecule has 0 unspecified atom stereocenters. The summed E-state index contributed by atoms with van der Waals surface area (Å²) < 4.78 is 0. The number of hydrogen-bond acceptors (Lipinski definition) is 1. The van der Waals surface area contributed by atoms with Crippen LogP contribution in [0.5, 0.6) is 0 Å². The topological polar surface area (TPSA) is 23.9 Å². The molecule has 14 heavy (non-hydrogen) atoms. The lowest BCUT2D eigenvalue weighted by atomic mass is 9.94. The maximum absolute atomic E-state index is 7.91. The van der Waals surface area contributed by atoms with Gasteiger partial charge in [0.25, 0.3) is 0 Å². The van der Waals surface area contributed by atoms with E-state index in [-0.39, 0.29) is 0 Å². The second-order valence-corrected chi connectivity index (χ2v) is 3.71. The zero-order valence-corrected chi connectivity index (χ0v) is 9.14. The van der Waals surface area contributed by atoms with Crippen molar-refractivity contribution in [1.29, 1.82) is 5.41 Å². The molecular formula is C13H19N. The summed E-state index contributed by atoms with van der Waals surface area (Å²) in [5.41, 5.74) is 3.16. The summed E-state index contributed by atoms with van der Waals surface area (Å²) in [4.78, 5) is 0. The first-order valence-electron chi connectivity index (χ1n) is 5.37. The van der Waals surface area contributed by atoms with Crippen LogP contribution in [0.4, 0.5) is 0 Å². The lowest BCUT2D eigenvalue weighted by Gasteiger charge is -2.11. The molecule has 0 fully saturated rings. The van der Waals surface area contributed by atoms with Gasteiger partial charge in [-0.15, -0.1) is 0 Å². The van der Waals surface area contributed by atoms with Crippen LogP contribution in [-0.2, 0) is 0 Å². The molecular weight excluding hydrogens is 170 g/mol. The molecule has 0 amide bonds. The molecule has 0 aromatic heterocycles. The predicted octanol–water partition coefficient (Wildman–Crippen LogP) is 4.03. The Bertz CT molecular complexity index is 292. The van der Waals surface area contributed by atoms with E-state index >= 15 is 0 Å². The first kappa shape index (κ1) is 11.0. The maximum Gasteiger partial charge on any atom is 0.0571 e. The number of nitrogens with one attached hydrogen (secondary N) is 1. The average Bonchev–Trinajstić information content (AvgIpc) is 2.18. The fraction of sp³-hybridized carbons (Fsp3) is 0.462. The van der Waals surface area contributed by atoms with E-state index in [9.17, 15) is 0 Å². The number of hydrogen-bond donors (Lipinski definition) is 1. The van der Waals surface area contributed by atoms with Crippen molar-refractivity contribution in [3.8, 4) is 0 Å². The van der Waals surface area contributed by atoms with Crippen LogP contribution in [-0.4, -0.2) is 5.71 Å². The standard InChI is InChI=1S/C13H19N/c1-3-4-5-10-13(14)12-9-7-6-8-11(12)2/h5-6,8,10,14H,3-4,7,9H2,1-2H3. The molecule has 1 aliphatic carbocycles. The highest BCUT2D eigenvalue weighted by Gasteiger charge is 2.07. The predicted molar refractivity (Wildman–Crippen MR) is 62.8 cm³/mol. The summed E-state index contributed by atoms with van der Waals surface area (Å²) >= 11 is 0. The van der Waals surface area contributed by atoms with E-state index in [0.29, 0.717) is 5.71 Å². The molecule has 0 atom stereocenters. The van der Waals surface area contributed by atoms with Gasteiger partial charge in [-0.25, -0.2) is 0 Å². The van der Waals surface area contributed by atoms with E-state index in [0.717, 1.165) is 25.7 Å².